The average molecular weight is 575 g/mol. The van der Waals surface area contributed by atoms with Crippen LogP contribution in [-0.2, 0) is 0 Å². The normalized spacial score (nSPS) is 13.4. The van der Waals surface area contributed by atoms with Crippen molar-refractivity contribution in [2.45, 2.75) is 226 Å². The average Bonchev–Trinajstić information content (AvgIpc) is 3.43. The summed E-state index contributed by atoms with van der Waals surface area (Å²) < 4.78 is 0. The molecule has 0 aromatic carbocycles. The molecule has 0 amide bonds. The van der Waals surface area contributed by atoms with Crippen LogP contribution >= 0.6 is 0 Å². The van der Waals surface area contributed by atoms with Crippen molar-refractivity contribution in [2.75, 3.05) is 19.6 Å². The molecule has 244 valence electrons. The van der Waals surface area contributed by atoms with E-state index in [0.29, 0.717) is 0 Å². The fraction of sp³-hybridized carbons (Fsp3) is 0.974. The molecule has 0 saturated carbocycles. The minimum absolute atomic E-state index is 1.05. The van der Waals surface area contributed by atoms with Crippen LogP contribution in [0.2, 0.25) is 0 Å². The Balaban J connectivity index is 1.79. The second kappa shape index (κ2) is 32.4. The Bertz CT molecular complexity index is 528. The van der Waals surface area contributed by atoms with E-state index in [2.05, 4.69) is 18.7 Å². The van der Waals surface area contributed by atoms with Gasteiger partial charge >= 0.3 is 0 Å². The van der Waals surface area contributed by atoms with Gasteiger partial charge in [-0.25, -0.2) is 0 Å². The van der Waals surface area contributed by atoms with Crippen LogP contribution in [0, 0.1) is 0 Å². The summed E-state index contributed by atoms with van der Waals surface area (Å²) in [7, 11) is 0. The third-order valence-electron chi connectivity index (χ3n) is 9.56. The van der Waals surface area contributed by atoms with E-state index in [9.17, 15) is 0 Å². The Hall–Kier alpha value is -0.530. The highest BCUT2D eigenvalue weighted by molar-refractivity contribution is 5.83. The molecule has 0 fully saturated rings. The summed E-state index contributed by atoms with van der Waals surface area (Å²) in [6.45, 7) is 8.11. The second-order valence-corrected chi connectivity index (χ2v) is 13.6. The molecule has 0 atom stereocenters. The molecule has 0 aromatic heterocycles. The van der Waals surface area contributed by atoms with Crippen LogP contribution < -0.4 is 0 Å². The third kappa shape index (κ3) is 26.8. The van der Waals surface area contributed by atoms with Crippen molar-refractivity contribution in [3.63, 3.8) is 0 Å². The molecule has 0 aromatic rings. The van der Waals surface area contributed by atoms with Gasteiger partial charge in [0.15, 0.2) is 0 Å². The zero-order valence-corrected chi connectivity index (χ0v) is 28.9. The summed E-state index contributed by atoms with van der Waals surface area (Å²) in [6, 6.07) is 0. The number of hydrogen-bond acceptors (Lipinski definition) is 2. The topological polar surface area (TPSA) is 15.6 Å². The number of nitrogens with zero attached hydrogens (tertiary/aromatic N) is 2. The third-order valence-corrected chi connectivity index (χ3v) is 9.56. The zero-order valence-electron chi connectivity index (χ0n) is 28.9. The van der Waals surface area contributed by atoms with E-state index in [1.165, 1.54) is 231 Å². The van der Waals surface area contributed by atoms with E-state index < -0.39 is 0 Å². The second-order valence-electron chi connectivity index (χ2n) is 13.6. The van der Waals surface area contributed by atoms with E-state index in [4.69, 9.17) is 4.99 Å². The fourth-order valence-electron chi connectivity index (χ4n) is 6.69. The molecule has 0 N–H and O–H groups in total. The molecule has 0 saturated heterocycles. The van der Waals surface area contributed by atoms with E-state index in [1.54, 1.807) is 0 Å². The van der Waals surface area contributed by atoms with Gasteiger partial charge in [0, 0.05) is 19.5 Å². The lowest BCUT2D eigenvalue weighted by molar-refractivity contribution is 0.421. The smallest absolute Gasteiger partial charge is 0.0990 e. The Morgan fingerprint density at radius 1 is 0.390 bits per heavy atom. The minimum atomic E-state index is 1.05. The van der Waals surface area contributed by atoms with Crippen molar-refractivity contribution in [2.24, 2.45) is 4.99 Å². The van der Waals surface area contributed by atoms with Gasteiger partial charge < -0.3 is 4.90 Å². The number of unbranched alkanes of at least 4 members (excludes halogenated alkanes) is 30. The van der Waals surface area contributed by atoms with Crippen LogP contribution in [0.3, 0.4) is 0 Å². The van der Waals surface area contributed by atoms with Crippen molar-refractivity contribution in [1.82, 2.24) is 4.90 Å². The standard InChI is InChI=1S/C39H78N2/c1-3-5-7-9-11-13-15-17-19-21-23-25-27-29-31-33-35-39-40-36-38-41(39)37-34-32-30-28-26-24-22-20-18-16-14-12-10-8-6-4-2/h3-38H2,1-2H3. The molecule has 1 heterocycles. The number of hydrogen-bond donors (Lipinski definition) is 0. The molecule has 41 heavy (non-hydrogen) atoms. The first-order chi connectivity index (χ1) is 20.4. The predicted molar refractivity (Wildman–Crippen MR) is 188 cm³/mol. The van der Waals surface area contributed by atoms with Crippen LogP contribution in [0.1, 0.15) is 226 Å². The molecule has 2 nitrogen and oxygen atoms in total. The van der Waals surface area contributed by atoms with Gasteiger partial charge in [0.05, 0.1) is 12.4 Å². The van der Waals surface area contributed by atoms with E-state index in [0.717, 1.165) is 6.54 Å². The van der Waals surface area contributed by atoms with Crippen molar-refractivity contribution in [3.05, 3.63) is 0 Å². The molecule has 0 bridgehead atoms. The molecular weight excluding hydrogens is 496 g/mol. The lowest BCUT2D eigenvalue weighted by atomic mass is 10.0. The van der Waals surface area contributed by atoms with Crippen LogP contribution in [0.15, 0.2) is 4.99 Å². The van der Waals surface area contributed by atoms with Crippen LogP contribution in [0.4, 0.5) is 0 Å². The number of amidine groups is 1. The molecule has 1 aliphatic heterocycles. The Kier molecular flexibility index (Phi) is 30.4. The van der Waals surface area contributed by atoms with Crippen molar-refractivity contribution in [1.29, 1.82) is 0 Å². The monoisotopic (exact) mass is 575 g/mol. The maximum absolute atomic E-state index is 4.86. The summed E-state index contributed by atoms with van der Waals surface area (Å²) in [5.41, 5.74) is 0. The lowest BCUT2D eigenvalue weighted by Gasteiger charge is -2.20. The maximum atomic E-state index is 4.86. The van der Waals surface area contributed by atoms with Gasteiger partial charge in [-0.15, -0.1) is 0 Å². The molecular formula is C39H78N2. The quantitative estimate of drug-likeness (QED) is 0.0698. The SMILES string of the molecule is CCCCCCCCCCCCCCCCCCC1=NCCN1CCCCCCCCCCCCCCCCCC. The highest BCUT2D eigenvalue weighted by Crippen LogP contribution is 2.17. The Morgan fingerprint density at radius 2 is 0.683 bits per heavy atom. The lowest BCUT2D eigenvalue weighted by Crippen LogP contribution is -2.28. The zero-order chi connectivity index (χ0) is 29.3. The fourth-order valence-corrected chi connectivity index (χ4v) is 6.69. The Morgan fingerprint density at radius 3 is 1.02 bits per heavy atom. The van der Waals surface area contributed by atoms with Crippen LogP contribution in [0.25, 0.3) is 0 Å². The predicted octanol–water partition coefficient (Wildman–Crippen LogP) is 13.6. The largest absolute Gasteiger partial charge is 0.359 e. The van der Waals surface area contributed by atoms with E-state index in [-0.39, 0.29) is 0 Å². The van der Waals surface area contributed by atoms with Crippen molar-refractivity contribution >= 4 is 5.84 Å². The highest BCUT2D eigenvalue weighted by Gasteiger charge is 2.15. The van der Waals surface area contributed by atoms with Gasteiger partial charge in [-0.1, -0.05) is 206 Å². The molecule has 1 rings (SSSR count). The molecule has 0 spiro atoms. The van der Waals surface area contributed by atoms with Crippen LogP contribution in [0.5, 0.6) is 0 Å². The van der Waals surface area contributed by atoms with Gasteiger partial charge in [0.2, 0.25) is 0 Å². The molecule has 2 heteroatoms. The molecule has 0 unspecified atom stereocenters. The van der Waals surface area contributed by atoms with Crippen molar-refractivity contribution in [3.8, 4) is 0 Å². The van der Waals surface area contributed by atoms with Crippen molar-refractivity contribution < 1.29 is 0 Å². The van der Waals surface area contributed by atoms with Gasteiger partial charge in [-0.05, 0) is 12.8 Å². The highest BCUT2D eigenvalue weighted by atomic mass is 15.2. The van der Waals surface area contributed by atoms with E-state index >= 15 is 0 Å². The molecule has 0 aliphatic carbocycles. The molecule has 0 radical (unpaired) electrons. The molecule has 1 aliphatic rings. The first-order valence-electron chi connectivity index (χ1n) is 19.7. The summed E-state index contributed by atoms with van der Waals surface area (Å²) >= 11 is 0. The minimum Gasteiger partial charge on any atom is -0.359 e. The Labute approximate surface area is 260 Å². The summed E-state index contributed by atoms with van der Waals surface area (Å²) in [6.07, 6.45) is 47.6. The summed E-state index contributed by atoms with van der Waals surface area (Å²) in [5, 5.41) is 0. The van der Waals surface area contributed by atoms with Gasteiger partial charge in [0.25, 0.3) is 0 Å². The first-order valence-corrected chi connectivity index (χ1v) is 19.7. The number of rotatable bonds is 34. The van der Waals surface area contributed by atoms with Gasteiger partial charge in [-0.2, -0.15) is 0 Å². The van der Waals surface area contributed by atoms with Gasteiger partial charge in [0.1, 0.15) is 0 Å². The number of aliphatic imine (C=N–C) groups is 1. The van der Waals surface area contributed by atoms with E-state index in [1.807, 2.05) is 0 Å². The summed E-state index contributed by atoms with van der Waals surface area (Å²) in [4.78, 5) is 7.48. The van der Waals surface area contributed by atoms with Crippen LogP contribution in [-0.4, -0.2) is 30.4 Å². The first kappa shape index (κ1) is 38.5. The maximum Gasteiger partial charge on any atom is 0.0990 e. The summed E-state index contributed by atoms with van der Waals surface area (Å²) in [5.74, 6) is 1.44. The van der Waals surface area contributed by atoms with Gasteiger partial charge in [-0.3, -0.25) is 4.99 Å².